The monoisotopic (exact) mass is 488 g/mol. The Balaban J connectivity index is 1.42. The lowest BCUT2D eigenvalue weighted by atomic mass is 9.75. The summed E-state index contributed by atoms with van der Waals surface area (Å²) in [5.41, 5.74) is 9.61. The van der Waals surface area contributed by atoms with Gasteiger partial charge < -0.3 is 4.74 Å². The van der Waals surface area contributed by atoms with Crippen LogP contribution in [0.1, 0.15) is 25.0 Å². The van der Waals surface area contributed by atoms with Gasteiger partial charge in [0.15, 0.2) is 0 Å². The lowest BCUT2D eigenvalue weighted by Crippen LogP contribution is -2.24. The van der Waals surface area contributed by atoms with Crippen molar-refractivity contribution in [3.63, 3.8) is 0 Å². The van der Waals surface area contributed by atoms with Gasteiger partial charge in [0, 0.05) is 16.5 Å². The summed E-state index contributed by atoms with van der Waals surface area (Å²) in [5.74, 6) is 1.88. The zero-order valence-corrected chi connectivity index (χ0v) is 21.6. The van der Waals surface area contributed by atoms with Crippen LogP contribution in [0, 0.1) is 0 Å². The number of ether oxygens (including phenoxy) is 1. The van der Waals surface area contributed by atoms with Crippen LogP contribution in [-0.4, -0.2) is 0 Å². The molecule has 0 fully saturated rings. The minimum Gasteiger partial charge on any atom is -0.457 e. The van der Waals surface area contributed by atoms with Crippen molar-refractivity contribution in [2.45, 2.75) is 19.3 Å². The first kappa shape index (κ1) is 22.6. The maximum Gasteiger partial charge on any atom is 0.132 e. The van der Waals surface area contributed by atoms with E-state index in [1.54, 1.807) is 0 Å². The highest BCUT2D eigenvalue weighted by Crippen LogP contribution is 2.49. The third-order valence-electron chi connectivity index (χ3n) is 7.95. The fourth-order valence-electron chi connectivity index (χ4n) is 6.02. The van der Waals surface area contributed by atoms with Gasteiger partial charge in [-0.15, -0.1) is 0 Å². The largest absolute Gasteiger partial charge is 0.457 e. The van der Waals surface area contributed by atoms with Gasteiger partial charge in [0.2, 0.25) is 0 Å². The zero-order valence-electron chi connectivity index (χ0n) is 21.6. The molecule has 0 amide bonds. The van der Waals surface area contributed by atoms with Crippen LogP contribution in [0.25, 0.3) is 44.2 Å². The first-order valence-corrected chi connectivity index (χ1v) is 13.2. The van der Waals surface area contributed by atoms with Crippen molar-refractivity contribution in [2.24, 2.45) is 0 Å². The van der Waals surface area contributed by atoms with E-state index < -0.39 is 0 Å². The van der Waals surface area contributed by atoms with Gasteiger partial charge in [-0.1, -0.05) is 135 Å². The molecule has 182 valence electrons. The summed E-state index contributed by atoms with van der Waals surface area (Å²) in [6.07, 6.45) is 0. The SMILES string of the molecule is CC1(C)c2ccccc2Oc2cc(-c3ccccc3-c3cccc4cccc(-c5ccccc5)c34)ccc21. The van der Waals surface area contributed by atoms with E-state index >= 15 is 0 Å². The Kier molecular flexibility index (Phi) is 5.19. The number of rotatable bonds is 3. The van der Waals surface area contributed by atoms with Crippen LogP contribution < -0.4 is 4.74 Å². The van der Waals surface area contributed by atoms with Crippen LogP contribution >= 0.6 is 0 Å². The van der Waals surface area contributed by atoms with Crippen molar-refractivity contribution < 1.29 is 4.74 Å². The average Bonchev–Trinajstić information content (AvgIpc) is 2.97. The summed E-state index contributed by atoms with van der Waals surface area (Å²) in [4.78, 5) is 0. The van der Waals surface area contributed by atoms with E-state index in [1.807, 2.05) is 6.07 Å². The molecule has 1 heteroatoms. The van der Waals surface area contributed by atoms with Crippen LogP contribution in [0.4, 0.5) is 0 Å². The van der Waals surface area contributed by atoms with E-state index in [-0.39, 0.29) is 5.41 Å². The maximum atomic E-state index is 6.47. The van der Waals surface area contributed by atoms with E-state index in [9.17, 15) is 0 Å². The Labute approximate surface area is 224 Å². The van der Waals surface area contributed by atoms with Gasteiger partial charge in [0.25, 0.3) is 0 Å². The molecule has 0 radical (unpaired) electrons. The molecule has 6 aromatic rings. The fourth-order valence-corrected chi connectivity index (χ4v) is 6.02. The van der Waals surface area contributed by atoms with Gasteiger partial charge in [0.05, 0.1) is 0 Å². The molecule has 6 aromatic carbocycles. The van der Waals surface area contributed by atoms with Gasteiger partial charge in [-0.3, -0.25) is 0 Å². The molecule has 0 spiro atoms. The number of fused-ring (bicyclic) bond motifs is 3. The molecule has 1 heterocycles. The van der Waals surface area contributed by atoms with Crippen molar-refractivity contribution in [2.75, 3.05) is 0 Å². The summed E-state index contributed by atoms with van der Waals surface area (Å²) >= 11 is 0. The molecule has 1 nitrogen and oxygen atoms in total. The number of hydrogen-bond donors (Lipinski definition) is 0. The second-order valence-electron chi connectivity index (χ2n) is 10.6. The summed E-state index contributed by atoms with van der Waals surface area (Å²) in [6, 6.07) is 47.7. The summed E-state index contributed by atoms with van der Waals surface area (Å²) in [7, 11) is 0. The molecule has 38 heavy (non-hydrogen) atoms. The van der Waals surface area contributed by atoms with Crippen LogP contribution in [0.5, 0.6) is 11.5 Å². The predicted molar refractivity (Wildman–Crippen MR) is 159 cm³/mol. The number of hydrogen-bond acceptors (Lipinski definition) is 1. The van der Waals surface area contributed by atoms with E-state index in [4.69, 9.17) is 4.74 Å². The van der Waals surface area contributed by atoms with Gasteiger partial charge in [-0.2, -0.15) is 0 Å². The van der Waals surface area contributed by atoms with Crippen LogP contribution in [-0.2, 0) is 5.41 Å². The Bertz CT molecular complexity index is 1810. The Morgan fingerprint density at radius 2 is 1.08 bits per heavy atom. The van der Waals surface area contributed by atoms with Gasteiger partial charge in [0.1, 0.15) is 11.5 Å². The first-order valence-electron chi connectivity index (χ1n) is 13.2. The molecule has 0 saturated carbocycles. The summed E-state index contributed by atoms with van der Waals surface area (Å²) in [5, 5.41) is 2.52. The van der Waals surface area contributed by atoms with E-state index in [0.717, 1.165) is 17.1 Å². The lowest BCUT2D eigenvalue weighted by molar-refractivity contribution is 0.418. The second-order valence-corrected chi connectivity index (χ2v) is 10.6. The molecule has 0 unspecified atom stereocenters. The molecule has 1 aliphatic heterocycles. The van der Waals surface area contributed by atoms with E-state index in [1.165, 1.54) is 49.7 Å². The Morgan fingerprint density at radius 1 is 0.447 bits per heavy atom. The smallest absolute Gasteiger partial charge is 0.132 e. The first-order chi connectivity index (χ1) is 18.6. The minimum absolute atomic E-state index is 0.123. The van der Waals surface area contributed by atoms with E-state index in [2.05, 4.69) is 141 Å². The molecular formula is C37H28O. The molecular weight excluding hydrogens is 460 g/mol. The molecule has 0 aromatic heterocycles. The van der Waals surface area contributed by atoms with Crippen molar-refractivity contribution >= 4 is 10.8 Å². The fraction of sp³-hybridized carbons (Fsp3) is 0.0811. The minimum atomic E-state index is -0.123. The third-order valence-corrected chi connectivity index (χ3v) is 7.95. The summed E-state index contributed by atoms with van der Waals surface area (Å²) in [6.45, 7) is 4.56. The van der Waals surface area contributed by atoms with Crippen molar-refractivity contribution in [1.82, 2.24) is 0 Å². The molecule has 7 rings (SSSR count). The topological polar surface area (TPSA) is 9.23 Å². The van der Waals surface area contributed by atoms with Crippen molar-refractivity contribution in [3.8, 4) is 44.9 Å². The molecule has 0 N–H and O–H groups in total. The molecule has 0 aliphatic carbocycles. The summed E-state index contributed by atoms with van der Waals surface area (Å²) < 4.78 is 6.47. The van der Waals surface area contributed by atoms with Crippen LogP contribution in [0.3, 0.4) is 0 Å². The van der Waals surface area contributed by atoms with Gasteiger partial charge >= 0.3 is 0 Å². The highest BCUT2D eigenvalue weighted by atomic mass is 16.5. The quantitative estimate of drug-likeness (QED) is 0.241. The Morgan fingerprint density at radius 3 is 1.89 bits per heavy atom. The third kappa shape index (κ3) is 3.55. The van der Waals surface area contributed by atoms with Crippen LogP contribution in [0.2, 0.25) is 0 Å². The standard InChI is InChI=1S/C37H28O/c1-37(2)32-20-8-9-21-34(32)38-35-24-27(22-23-33(35)37)28-16-6-7-17-30(28)31-19-11-15-26-14-10-18-29(36(26)31)25-12-4-3-5-13-25/h3-24H,1-2H3. The molecule has 0 bridgehead atoms. The predicted octanol–water partition coefficient (Wildman–Crippen LogP) is 10.3. The Hall–Kier alpha value is -4.62. The average molecular weight is 489 g/mol. The van der Waals surface area contributed by atoms with Crippen molar-refractivity contribution in [3.05, 3.63) is 145 Å². The van der Waals surface area contributed by atoms with Gasteiger partial charge in [-0.05, 0) is 56.3 Å². The molecule has 1 aliphatic rings. The highest BCUT2D eigenvalue weighted by Gasteiger charge is 2.34. The maximum absolute atomic E-state index is 6.47. The zero-order chi connectivity index (χ0) is 25.7. The van der Waals surface area contributed by atoms with Crippen molar-refractivity contribution in [1.29, 1.82) is 0 Å². The van der Waals surface area contributed by atoms with E-state index in [0.29, 0.717) is 0 Å². The lowest BCUT2D eigenvalue weighted by Gasteiger charge is -2.34. The number of benzene rings is 6. The normalized spacial score (nSPS) is 13.4. The molecule has 0 atom stereocenters. The number of para-hydroxylation sites is 1. The second kappa shape index (κ2) is 8.75. The molecule has 0 saturated heterocycles. The van der Waals surface area contributed by atoms with Gasteiger partial charge in [-0.25, -0.2) is 0 Å². The van der Waals surface area contributed by atoms with Crippen LogP contribution in [0.15, 0.2) is 133 Å². The highest BCUT2D eigenvalue weighted by molar-refractivity contribution is 6.08.